The molecule has 1 unspecified atom stereocenters. The molecule has 2 aromatic rings. The van der Waals surface area contributed by atoms with Crippen molar-refractivity contribution < 1.29 is 9.13 Å². The monoisotopic (exact) mass is 273 g/mol. The van der Waals surface area contributed by atoms with Gasteiger partial charge in [0.25, 0.3) is 0 Å². The molecule has 0 spiro atoms. The van der Waals surface area contributed by atoms with Crippen molar-refractivity contribution in [1.82, 2.24) is 5.32 Å². The summed E-state index contributed by atoms with van der Waals surface area (Å²) in [4.78, 5) is 0. The lowest BCUT2D eigenvalue weighted by Gasteiger charge is -2.16. The van der Waals surface area contributed by atoms with Gasteiger partial charge in [0.2, 0.25) is 0 Å². The third-order valence-electron chi connectivity index (χ3n) is 3.37. The Hall–Kier alpha value is -1.71. The number of halogens is 1. The van der Waals surface area contributed by atoms with Gasteiger partial charge in [-0.25, -0.2) is 4.39 Å². The second-order valence-electron chi connectivity index (χ2n) is 4.86. The zero-order chi connectivity index (χ0) is 14.4. The van der Waals surface area contributed by atoms with E-state index < -0.39 is 0 Å². The zero-order valence-corrected chi connectivity index (χ0v) is 11.9. The van der Waals surface area contributed by atoms with Gasteiger partial charge in [0.15, 0.2) is 0 Å². The standard InChI is InChI=1S/C17H20FNO/c1-13(14-8-5-9-17(18)10-14)19-11-15-6-3-4-7-16(15)12-20-2/h3-10,13,19H,11-12H2,1-2H3. The topological polar surface area (TPSA) is 21.3 Å². The summed E-state index contributed by atoms with van der Waals surface area (Å²) >= 11 is 0. The lowest BCUT2D eigenvalue weighted by atomic mass is 10.1. The van der Waals surface area contributed by atoms with Crippen LogP contribution in [0.25, 0.3) is 0 Å². The van der Waals surface area contributed by atoms with Crippen molar-refractivity contribution in [2.75, 3.05) is 7.11 Å². The summed E-state index contributed by atoms with van der Waals surface area (Å²) in [6.07, 6.45) is 0. The highest BCUT2D eigenvalue weighted by atomic mass is 19.1. The average Bonchev–Trinajstić information content (AvgIpc) is 2.46. The molecule has 0 heterocycles. The van der Waals surface area contributed by atoms with E-state index in [1.54, 1.807) is 19.2 Å². The number of methoxy groups -OCH3 is 1. The second-order valence-corrected chi connectivity index (χ2v) is 4.86. The Labute approximate surface area is 119 Å². The molecule has 106 valence electrons. The quantitative estimate of drug-likeness (QED) is 0.864. The largest absolute Gasteiger partial charge is 0.380 e. The number of benzene rings is 2. The van der Waals surface area contributed by atoms with Gasteiger partial charge in [-0.15, -0.1) is 0 Å². The van der Waals surface area contributed by atoms with E-state index in [9.17, 15) is 4.39 Å². The van der Waals surface area contributed by atoms with E-state index in [1.807, 2.05) is 25.1 Å². The SMILES string of the molecule is COCc1ccccc1CNC(C)c1cccc(F)c1. The van der Waals surface area contributed by atoms with E-state index >= 15 is 0 Å². The molecule has 0 fully saturated rings. The highest BCUT2D eigenvalue weighted by molar-refractivity contribution is 5.27. The Bertz CT molecular complexity index is 556. The molecule has 0 amide bonds. The lowest BCUT2D eigenvalue weighted by Crippen LogP contribution is -2.19. The first kappa shape index (κ1) is 14.7. The molecule has 0 aromatic heterocycles. The third kappa shape index (κ3) is 3.89. The predicted molar refractivity (Wildman–Crippen MR) is 78.8 cm³/mol. The summed E-state index contributed by atoms with van der Waals surface area (Å²) in [5, 5.41) is 3.42. The molecule has 2 rings (SSSR count). The molecule has 1 N–H and O–H groups in total. The normalized spacial score (nSPS) is 12.3. The predicted octanol–water partition coefficient (Wildman–Crippen LogP) is 3.82. The third-order valence-corrected chi connectivity index (χ3v) is 3.37. The summed E-state index contributed by atoms with van der Waals surface area (Å²) in [5.41, 5.74) is 3.33. The first-order valence-electron chi connectivity index (χ1n) is 6.75. The van der Waals surface area contributed by atoms with Crippen molar-refractivity contribution in [2.24, 2.45) is 0 Å². The van der Waals surface area contributed by atoms with E-state index in [4.69, 9.17) is 4.74 Å². The fraction of sp³-hybridized carbons (Fsp3) is 0.294. The Morgan fingerprint density at radius 2 is 1.85 bits per heavy atom. The molecule has 0 saturated heterocycles. The minimum absolute atomic E-state index is 0.0984. The molecule has 0 radical (unpaired) electrons. The smallest absolute Gasteiger partial charge is 0.123 e. The van der Waals surface area contributed by atoms with Crippen LogP contribution in [0.1, 0.15) is 29.7 Å². The molecular weight excluding hydrogens is 253 g/mol. The van der Waals surface area contributed by atoms with Gasteiger partial charge < -0.3 is 10.1 Å². The molecular formula is C17H20FNO. The molecule has 0 aliphatic carbocycles. The van der Waals surface area contributed by atoms with Crippen molar-refractivity contribution in [2.45, 2.75) is 26.1 Å². The van der Waals surface area contributed by atoms with Gasteiger partial charge in [-0.3, -0.25) is 0 Å². The Morgan fingerprint density at radius 3 is 2.55 bits per heavy atom. The van der Waals surface area contributed by atoms with Crippen LogP contribution in [-0.2, 0) is 17.9 Å². The van der Waals surface area contributed by atoms with E-state index in [0.717, 1.165) is 12.1 Å². The maximum absolute atomic E-state index is 13.2. The number of nitrogens with one attached hydrogen (secondary N) is 1. The minimum Gasteiger partial charge on any atom is -0.380 e. The van der Waals surface area contributed by atoms with E-state index in [2.05, 4.69) is 17.4 Å². The maximum Gasteiger partial charge on any atom is 0.123 e. The maximum atomic E-state index is 13.2. The number of rotatable bonds is 6. The Kier molecular flexibility index (Phi) is 5.27. The van der Waals surface area contributed by atoms with Crippen molar-refractivity contribution in [1.29, 1.82) is 0 Å². The summed E-state index contributed by atoms with van der Waals surface area (Å²) in [7, 11) is 1.69. The fourth-order valence-electron chi connectivity index (χ4n) is 2.18. The van der Waals surface area contributed by atoms with Gasteiger partial charge in [0, 0.05) is 19.7 Å². The molecule has 2 nitrogen and oxygen atoms in total. The first-order valence-corrected chi connectivity index (χ1v) is 6.75. The summed E-state index contributed by atoms with van der Waals surface area (Å²) in [5.74, 6) is -0.198. The minimum atomic E-state index is -0.198. The van der Waals surface area contributed by atoms with Gasteiger partial charge in [-0.1, -0.05) is 36.4 Å². The van der Waals surface area contributed by atoms with Crippen molar-refractivity contribution in [3.8, 4) is 0 Å². The van der Waals surface area contributed by atoms with Crippen LogP contribution in [0.3, 0.4) is 0 Å². The summed E-state index contributed by atoms with van der Waals surface area (Å²) in [6.45, 7) is 3.37. The van der Waals surface area contributed by atoms with Crippen LogP contribution in [0.4, 0.5) is 4.39 Å². The van der Waals surface area contributed by atoms with Crippen LogP contribution >= 0.6 is 0 Å². The molecule has 2 aromatic carbocycles. The fourth-order valence-corrected chi connectivity index (χ4v) is 2.18. The van der Waals surface area contributed by atoms with Crippen LogP contribution in [0.15, 0.2) is 48.5 Å². The van der Waals surface area contributed by atoms with Crippen molar-refractivity contribution in [3.05, 3.63) is 71.0 Å². The van der Waals surface area contributed by atoms with Crippen molar-refractivity contribution in [3.63, 3.8) is 0 Å². The van der Waals surface area contributed by atoms with Crippen molar-refractivity contribution >= 4 is 0 Å². The number of ether oxygens (including phenoxy) is 1. The lowest BCUT2D eigenvalue weighted by molar-refractivity contribution is 0.184. The average molecular weight is 273 g/mol. The molecule has 3 heteroatoms. The molecule has 0 saturated carbocycles. The van der Waals surface area contributed by atoms with Crippen LogP contribution in [0, 0.1) is 5.82 Å². The van der Waals surface area contributed by atoms with Gasteiger partial charge >= 0.3 is 0 Å². The van der Waals surface area contributed by atoms with E-state index in [1.165, 1.54) is 17.2 Å². The molecule has 0 aliphatic rings. The van der Waals surface area contributed by atoms with Gasteiger partial charge in [0.1, 0.15) is 5.82 Å². The highest BCUT2D eigenvalue weighted by Crippen LogP contribution is 2.16. The Morgan fingerprint density at radius 1 is 1.10 bits per heavy atom. The Balaban J connectivity index is 2.01. The number of hydrogen-bond donors (Lipinski definition) is 1. The second kappa shape index (κ2) is 7.17. The first-order chi connectivity index (χ1) is 9.70. The van der Waals surface area contributed by atoms with Crippen LogP contribution in [-0.4, -0.2) is 7.11 Å². The molecule has 1 atom stereocenters. The van der Waals surface area contributed by atoms with Gasteiger partial charge in [0.05, 0.1) is 6.61 Å². The molecule has 0 aliphatic heterocycles. The van der Waals surface area contributed by atoms with E-state index in [0.29, 0.717) is 6.61 Å². The summed E-state index contributed by atoms with van der Waals surface area (Å²) in [6, 6.07) is 15.0. The van der Waals surface area contributed by atoms with Crippen LogP contribution in [0.2, 0.25) is 0 Å². The van der Waals surface area contributed by atoms with Crippen LogP contribution in [0.5, 0.6) is 0 Å². The highest BCUT2D eigenvalue weighted by Gasteiger charge is 2.07. The van der Waals surface area contributed by atoms with Gasteiger partial charge in [-0.05, 0) is 35.7 Å². The van der Waals surface area contributed by atoms with Gasteiger partial charge in [-0.2, -0.15) is 0 Å². The molecule has 0 bridgehead atoms. The zero-order valence-electron chi connectivity index (χ0n) is 11.9. The number of hydrogen-bond acceptors (Lipinski definition) is 2. The van der Waals surface area contributed by atoms with Crippen LogP contribution < -0.4 is 5.32 Å². The van der Waals surface area contributed by atoms with E-state index in [-0.39, 0.29) is 11.9 Å². The molecule has 20 heavy (non-hydrogen) atoms. The summed E-state index contributed by atoms with van der Waals surface area (Å²) < 4.78 is 18.4.